The summed E-state index contributed by atoms with van der Waals surface area (Å²) < 4.78 is 17.8. The van der Waals surface area contributed by atoms with Gasteiger partial charge in [0.1, 0.15) is 24.1 Å². The zero-order valence-electron chi connectivity index (χ0n) is 27.0. The van der Waals surface area contributed by atoms with Crippen molar-refractivity contribution in [3.05, 3.63) is 52.7 Å². The molecular formula is C34H42ClN7O4. The lowest BCUT2D eigenvalue weighted by Gasteiger charge is -2.42. The Labute approximate surface area is 275 Å². The van der Waals surface area contributed by atoms with Gasteiger partial charge in [0, 0.05) is 55.9 Å². The molecule has 1 aromatic heterocycles. The zero-order valence-corrected chi connectivity index (χ0v) is 27.8. The Hall–Kier alpha value is -3.85. The minimum atomic E-state index is -0.625. The maximum absolute atomic E-state index is 13.1. The van der Waals surface area contributed by atoms with Crippen molar-refractivity contribution in [2.24, 2.45) is 0 Å². The third kappa shape index (κ3) is 7.09. The highest BCUT2D eigenvalue weighted by molar-refractivity contribution is 6.36. The van der Waals surface area contributed by atoms with Gasteiger partial charge in [-0.05, 0) is 51.8 Å². The molecule has 3 aliphatic heterocycles. The SMILES string of the molecule is CN1CCO[C@@H](COc2nc3c(c(N4CCN(C(=O)OC(C)(C)C)[C@@H](CC#N)C4)n2)CCN(c2cccc4cccc(Cl)c24)C3)C1. The van der Waals surface area contributed by atoms with Gasteiger partial charge in [-0.2, -0.15) is 15.2 Å². The minimum Gasteiger partial charge on any atom is -0.461 e. The van der Waals surface area contributed by atoms with Gasteiger partial charge in [-0.3, -0.25) is 0 Å². The van der Waals surface area contributed by atoms with Gasteiger partial charge in [-0.15, -0.1) is 0 Å². The van der Waals surface area contributed by atoms with Crippen LogP contribution in [0.25, 0.3) is 10.8 Å². The number of ether oxygens (including phenoxy) is 3. The number of carbonyl (C=O) groups is 1. The second-order valence-corrected chi connectivity index (χ2v) is 13.7. The zero-order chi connectivity index (χ0) is 32.4. The molecule has 0 unspecified atom stereocenters. The number of hydrogen-bond donors (Lipinski definition) is 0. The number of fused-ring (bicyclic) bond motifs is 2. The lowest BCUT2D eigenvalue weighted by Crippen LogP contribution is -2.56. The lowest BCUT2D eigenvalue weighted by molar-refractivity contribution is -0.0417. The number of morpholine rings is 1. The molecule has 6 rings (SSSR count). The molecule has 2 fully saturated rings. The summed E-state index contributed by atoms with van der Waals surface area (Å²) in [4.78, 5) is 31.4. The number of nitriles is 1. The standard InChI is InChI=1S/C34H42ClN7O4/c1-34(2,3)46-33(43)42-16-15-41(19-24(42)11-13-36)31-26-12-14-40(29-10-6-8-23-7-5-9-27(35)30(23)29)21-28(26)37-32(38-31)45-22-25-20-39(4)17-18-44-25/h5-10,24-25H,11-12,14-22H2,1-4H3/t24-,25+/m0/s1. The van der Waals surface area contributed by atoms with E-state index >= 15 is 0 Å². The molecule has 0 radical (unpaired) electrons. The molecule has 12 heteroatoms. The summed E-state index contributed by atoms with van der Waals surface area (Å²) in [5.41, 5.74) is 2.39. The van der Waals surface area contributed by atoms with Crippen LogP contribution in [0.1, 0.15) is 38.4 Å². The van der Waals surface area contributed by atoms with Gasteiger partial charge in [0.15, 0.2) is 0 Å². The smallest absolute Gasteiger partial charge is 0.410 e. The Bertz CT molecular complexity index is 1620. The van der Waals surface area contributed by atoms with E-state index in [0.29, 0.717) is 45.4 Å². The molecule has 0 aliphatic carbocycles. The van der Waals surface area contributed by atoms with Gasteiger partial charge in [0.25, 0.3) is 0 Å². The molecule has 0 saturated carbocycles. The van der Waals surface area contributed by atoms with Crippen molar-refractivity contribution >= 4 is 40.0 Å². The van der Waals surface area contributed by atoms with E-state index < -0.39 is 11.7 Å². The highest BCUT2D eigenvalue weighted by Crippen LogP contribution is 2.37. The molecule has 2 atom stereocenters. The average Bonchev–Trinajstić information content (AvgIpc) is 3.02. The Morgan fingerprint density at radius 1 is 1.09 bits per heavy atom. The molecule has 0 N–H and O–H groups in total. The molecule has 0 bridgehead atoms. The van der Waals surface area contributed by atoms with Crippen molar-refractivity contribution in [2.45, 2.75) is 57.9 Å². The lowest BCUT2D eigenvalue weighted by atomic mass is 10.0. The molecule has 244 valence electrons. The number of benzene rings is 2. The van der Waals surface area contributed by atoms with Crippen LogP contribution in [0.4, 0.5) is 16.3 Å². The number of rotatable bonds is 6. The quantitative estimate of drug-likeness (QED) is 0.367. The first kappa shape index (κ1) is 32.1. The van der Waals surface area contributed by atoms with E-state index in [-0.39, 0.29) is 18.6 Å². The van der Waals surface area contributed by atoms with E-state index in [9.17, 15) is 10.1 Å². The fraction of sp³-hybridized carbons (Fsp3) is 0.529. The fourth-order valence-corrected chi connectivity index (χ4v) is 6.76. The number of piperazine rings is 1. The number of halogens is 1. The maximum atomic E-state index is 13.1. The average molecular weight is 648 g/mol. The first-order valence-corrected chi connectivity index (χ1v) is 16.3. The number of anilines is 2. The molecule has 1 amide bonds. The van der Waals surface area contributed by atoms with E-state index in [1.165, 1.54) is 0 Å². The highest BCUT2D eigenvalue weighted by atomic mass is 35.5. The van der Waals surface area contributed by atoms with Crippen molar-refractivity contribution in [1.82, 2.24) is 19.8 Å². The van der Waals surface area contributed by atoms with Gasteiger partial charge in [0.05, 0.1) is 42.4 Å². The summed E-state index contributed by atoms with van der Waals surface area (Å²) in [6.07, 6.45) is 0.433. The third-order valence-corrected chi connectivity index (χ3v) is 8.99. The predicted octanol–water partition coefficient (Wildman–Crippen LogP) is 4.89. The molecule has 4 heterocycles. The van der Waals surface area contributed by atoms with Crippen LogP contribution < -0.4 is 14.5 Å². The van der Waals surface area contributed by atoms with E-state index in [4.69, 9.17) is 35.8 Å². The predicted molar refractivity (Wildman–Crippen MR) is 178 cm³/mol. The molecule has 2 aromatic carbocycles. The molecule has 3 aliphatic rings. The fourth-order valence-electron chi connectivity index (χ4n) is 6.48. The highest BCUT2D eigenvalue weighted by Gasteiger charge is 2.36. The van der Waals surface area contributed by atoms with Crippen molar-refractivity contribution in [1.29, 1.82) is 5.26 Å². The Morgan fingerprint density at radius 2 is 1.89 bits per heavy atom. The first-order valence-electron chi connectivity index (χ1n) is 16.0. The van der Waals surface area contributed by atoms with Crippen LogP contribution in [-0.4, -0.2) is 103 Å². The summed E-state index contributed by atoms with van der Waals surface area (Å²) in [6.45, 7) is 10.9. The number of amides is 1. The Morgan fingerprint density at radius 3 is 2.65 bits per heavy atom. The molecule has 11 nitrogen and oxygen atoms in total. The molecular weight excluding hydrogens is 606 g/mol. The molecule has 2 saturated heterocycles. The van der Waals surface area contributed by atoms with Crippen LogP contribution >= 0.6 is 11.6 Å². The molecule has 0 spiro atoms. The van der Waals surface area contributed by atoms with Gasteiger partial charge in [-0.25, -0.2) is 4.79 Å². The minimum absolute atomic E-state index is 0.0754. The van der Waals surface area contributed by atoms with Crippen LogP contribution in [0, 0.1) is 11.3 Å². The van der Waals surface area contributed by atoms with Crippen LogP contribution in [0.15, 0.2) is 36.4 Å². The Kier molecular flexibility index (Phi) is 9.41. The number of nitrogens with zero attached hydrogens (tertiary/aromatic N) is 7. The van der Waals surface area contributed by atoms with Crippen LogP contribution in [0.5, 0.6) is 6.01 Å². The second-order valence-electron chi connectivity index (χ2n) is 13.2. The van der Waals surface area contributed by atoms with Crippen LogP contribution in [0.2, 0.25) is 5.02 Å². The summed E-state index contributed by atoms with van der Waals surface area (Å²) in [7, 11) is 2.08. The van der Waals surface area contributed by atoms with Gasteiger partial charge in [-0.1, -0.05) is 35.9 Å². The first-order chi connectivity index (χ1) is 22.1. The normalized spacial score (nSPS) is 20.7. The van der Waals surface area contributed by atoms with Crippen molar-refractivity contribution in [3.63, 3.8) is 0 Å². The second kappa shape index (κ2) is 13.5. The van der Waals surface area contributed by atoms with Crippen LogP contribution in [0.3, 0.4) is 0 Å². The van der Waals surface area contributed by atoms with Crippen LogP contribution in [-0.2, 0) is 22.4 Å². The van der Waals surface area contributed by atoms with E-state index in [2.05, 4.69) is 52.1 Å². The monoisotopic (exact) mass is 647 g/mol. The summed E-state index contributed by atoms with van der Waals surface area (Å²) in [5, 5.41) is 12.5. The van der Waals surface area contributed by atoms with Crippen molar-refractivity contribution < 1.29 is 19.0 Å². The largest absolute Gasteiger partial charge is 0.461 e. The van der Waals surface area contributed by atoms with Gasteiger partial charge >= 0.3 is 12.1 Å². The number of carbonyl (C=O) groups excluding carboxylic acids is 1. The topological polar surface area (TPSA) is 107 Å². The van der Waals surface area contributed by atoms with E-state index in [0.717, 1.165) is 64.6 Å². The number of aromatic nitrogens is 2. The molecule has 3 aromatic rings. The van der Waals surface area contributed by atoms with Crippen molar-refractivity contribution in [3.8, 4) is 12.1 Å². The third-order valence-electron chi connectivity index (χ3n) is 8.67. The van der Waals surface area contributed by atoms with Crippen molar-refractivity contribution in [2.75, 3.05) is 69.3 Å². The summed E-state index contributed by atoms with van der Waals surface area (Å²) in [5.74, 6) is 0.795. The molecule has 46 heavy (non-hydrogen) atoms. The number of hydrogen-bond acceptors (Lipinski definition) is 10. The van der Waals surface area contributed by atoms with E-state index in [1.807, 2.05) is 32.9 Å². The Balaban J connectivity index is 1.31. The summed E-state index contributed by atoms with van der Waals surface area (Å²) in [6, 6.07) is 14.4. The van der Waals surface area contributed by atoms with E-state index in [1.54, 1.807) is 4.90 Å². The maximum Gasteiger partial charge on any atom is 0.410 e. The number of likely N-dealkylation sites (N-methyl/N-ethyl adjacent to an activating group) is 1. The van der Waals surface area contributed by atoms with Gasteiger partial charge in [0.2, 0.25) is 0 Å². The summed E-state index contributed by atoms with van der Waals surface area (Å²) >= 11 is 6.71. The van der Waals surface area contributed by atoms with Gasteiger partial charge < -0.3 is 33.8 Å².